The molecule has 0 atom stereocenters. The molecule has 12 aromatic rings. The highest BCUT2D eigenvalue weighted by molar-refractivity contribution is 6.37. The van der Waals surface area contributed by atoms with Gasteiger partial charge in [-0.15, -0.1) is 0 Å². The van der Waals surface area contributed by atoms with Gasteiger partial charge in [-0.2, -0.15) is 0 Å². The number of hydrogen-bond acceptors (Lipinski definition) is 3. The van der Waals surface area contributed by atoms with Crippen molar-refractivity contribution in [3.8, 4) is 45.0 Å². The van der Waals surface area contributed by atoms with Crippen LogP contribution in [-0.4, -0.2) is 15.0 Å². The van der Waals surface area contributed by atoms with Gasteiger partial charge in [0, 0.05) is 28.3 Å². The first kappa shape index (κ1) is 30.9. The largest absolute Gasteiger partial charge is 0.256 e. The van der Waals surface area contributed by atoms with Crippen molar-refractivity contribution < 1.29 is 0 Å². The van der Waals surface area contributed by atoms with Crippen LogP contribution in [0.15, 0.2) is 188 Å². The Morgan fingerprint density at radius 1 is 0.304 bits per heavy atom. The first-order chi connectivity index (χ1) is 27.7. The summed E-state index contributed by atoms with van der Waals surface area (Å²) >= 11 is 0. The van der Waals surface area contributed by atoms with Crippen LogP contribution < -0.4 is 0 Å². The van der Waals surface area contributed by atoms with Crippen LogP contribution in [-0.2, 0) is 0 Å². The van der Waals surface area contributed by atoms with Crippen molar-refractivity contribution in [2.75, 3.05) is 0 Å². The average molecular weight is 710 g/mol. The van der Waals surface area contributed by atoms with E-state index in [9.17, 15) is 0 Å². The Labute approximate surface area is 322 Å². The van der Waals surface area contributed by atoms with Crippen LogP contribution in [0.2, 0.25) is 0 Å². The quantitative estimate of drug-likeness (QED) is 0.171. The molecule has 0 fully saturated rings. The molecule has 0 aliphatic rings. The van der Waals surface area contributed by atoms with Crippen molar-refractivity contribution in [1.82, 2.24) is 15.0 Å². The standard InChI is InChI=1S/C53H31N3/c1-2-11-35(12-3-1)53-55-47(39-27-36-13-4-7-22-46(36)54-31-39)30-48(56-53)41-18-6-5-17-40(41)38-28-37-26-25-34-15-9-20-43-42-19-8-14-32-23-24-33-16-10-21-44(51(33)49(32)42)45(29-38)52(37)50(34)43/h1-31H. The molecule has 0 N–H and O–H groups in total. The summed E-state index contributed by atoms with van der Waals surface area (Å²) in [6, 6.07) is 65.6. The number of pyridine rings is 1. The Kier molecular flexibility index (Phi) is 6.63. The lowest BCUT2D eigenvalue weighted by Gasteiger charge is -2.18. The topological polar surface area (TPSA) is 38.7 Å². The number of para-hydroxylation sites is 1. The average Bonchev–Trinajstić information content (AvgIpc) is 3.27. The summed E-state index contributed by atoms with van der Waals surface area (Å²) < 4.78 is 0. The lowest BCUT2D eigenvalue weighted by Crippen LogP contribution is -1.97. The monoisotopic (exact) mass is 709 g/mol. The third kappa shape index (κ3) is 4.68. The molecule has 0 aliphatic carbocycles. The number of fused-ring (bicyclic) bond motifs is 3. The predicted molar refractivity (Wildman–Crippen MR) is 235 cm³/mol. The molecule has 258 valence electrons. The van der Waals surface area contributed by atoms with Gasteiger partial charge in [0.25, 0.3) is 0 Å². The van der Waals surface area contributed by atoms with Crippen molar-refractivity contribution in [2.24, 2.45) is 0 Å². The molecule has 3 heteroatoms. The van der Waals surface area contributed by atoms with Crippen molar-refractivity contribution in [1.29, 1.82) is 0 Å². The second-order valence-corrected chi connectivity index (χ2v) is 14.8. The summed E-state index contributed by atoms with van der Waals surface area (Å²) in [5, 5.41) is 16.3. The van der Waals surface area contributed by atoms with Crippen molar-refractivity contribution in [3.63, 3.8) is 0 Å². The van der Waals surface area contributed by atoms with E-state index < -0.39 is 0 Å². The molecule has 2 heterocycles. The van der Waals surface area contributed by atoms with Gasteiger partial charge in [-0.05, 0) is 106 Å². The molecular weight excluding hydrogens is 679 g/mol. The fourth-order valence-corrected chi connectivity index (χ4v) is 9.06. The van der Waals surface area contributed by atoms with Gasteiger partial charge in [0.1, 0.15) is 0 Å². The second kappa shape index (κ2) is 12.0. The minimum absolute atomic E-state index is 0.680. The summed E-state index contributed by atoms with van der Waals surface area (Å²) in [6.45, 7) is 0. The van der Waals surface area contributed by atoms with E-state index in [4.69, 9.17) is 15.0 Å². The molecule has 10 aromatic carbocycles. The van der Waals surface area contributed by atoms with Crippen LogP contribution in [0.1, 0.15) is 0 Å². The van der Waals surface area contributed by atoms with Gasteiger partial charge in [0.05, 0.1) is 16.9 Å². The zero-order chi connectivity index (χ0) is 36.7. The number of benzene rings is 9. The highest BCUT2D eigenvalue weighted by Crippen LogP contribution is 2.45. The minimum atomic E-state index is 0.680. The molecule has 0 amide bonds. The molecule has 0 saturated heterocycles. The van der Waals surface area contributed by atoms with Gasteiger partial charge in [-0.1, -0.05) is 152 Å². The fraction of sp³-hybridized carbons (Fsp3) is 0. The zero-order valence-electron chi connectivity index (χ0n) is 30.2. The van der Waals surface area contributed by atoms with E-state index >= 15 is 0 Å². The lowest BCUT2D eigenvalue weighted by molar-refractivity contribution is 1.18. The maximum absolute atomic E-state index is 5.28. The fourth-order valence-electron chi connectivity index (χ4n) is 9.06. The van der Waals surface area contributed by atoms with E-state index in [1.807, 2.05) is 36.5 Å². The SMILES string of the molecule is c1ccc(-c2nc(-c3cnc4ccccc4c3)cc(-c3ccccc3-c3cc4ccc5cccc6c7cccc8ccc9cccc(c(c3)c4c56)c9c87)n2)cc1. The normalized spacial score (nSPS) is 11.9. The van der Waals surface area contributed by atoms with Gasteiger partial charge in [-0.25, -0.2) is 9.97 Å². The van der Waals surface area contributed by atoms with Gasteiger partial charge in [-0.3, -0.25) is 4.98 Å². The molecule has 2 aromatic heterocycles. The maximum Gasteiger partial charge on any atom is 0.160 e. The van der Waals surface area contributed by atoms with Crippen LogP contribution in [0, 0.1) is 0 Å². The molecule has 56 heavy (non-hydrogen) atoms. The van der Waals surface area contributed by atoms with Crippen LogP contribution in [0.25, 0.3) is 121 Å². The van der Waals surface area contributed by atoms with Gasteiger partial charge in [0.2, 0.25) is 0 Å². The Bertz CT molecular complexity index is 3530. The molecule has 0 spiro atoms. The molecule has 0 radical (unpaired) electrons. The number of aromatic nitrogens is 3. The number of nitrogens with zero attached hydrogens (tertiary/aromatic N) is 3. The van der Waals surface area contributed by atoms with E-state index in [1.165, 1.54) is 64.6 Å². The molecule has 0 bridgehead atoms. The summed E-state index contributed by atoms with van der Waals surface area (Å²) in [6.07, 6.45) is 1.92. The first-order valence-electron chi connectivity index (χ1n) is 19.1. The van der Waals surface area contributed by atoms with Crippen LogP contribution >= 0.6 is 0 Å². The van der Waals surface area contributed by atoms with Crippen molar-refractivity contribution >= 4 is 75.5 Å². The van der Waals surface area contributed by atoms with E-state index in [2.05, 4.69) is 152 Å². The van der Waals surface area contributed by atoms with Crippen LogP contribution in [0.3, 0.4) is 0 Å². The Balaban J connectivity index is 1.16. The van der Waals surface area contributed by atoms with Gasteiger partial charge < -0.3 is 0 Å². The molecule has 0 aliphatic heterocycles. The van der Waals surface area contributed by atoms with Crippen molar-refractivity contribution in [3.05, 3.63) is 188 Å². The van der Waals surface area contributed by atoms with Crippen LogP contribution in [0.4, 0.5) is 0 Å². The van der Waals surface area contributed by atoms with E-state index in [1.54, 1.807) is 0 Å². The van der Waals surface area contributed by atoms with E-state index in [0.717, 1.165) is 50.1 Å². The third-order valence-electron chi connectivity index (χ3n) is 11.6. The Hall–Kier alpha value is -7.49. The smallest absolute Gasteiger partial charge is 0.160 e. The zero-order valence-corrected chi connectivity index (χ0v) is 30.2. The molecule has 0 saturated carbocycles. The maximum atomic E-state index is 5.28. The predicted octanol–water partition coefficient (Wildman–Crippen LogP) is 14.0. The van der Waals surface area contributed by atoms with Gasteiger partial charge in [0.15, 0.2) is 5.82 Å². The lowest BCUT2D eigenvalue weighted by atomic mass is 9.86. The van der Waals surface area contributed by atoms with E-state index in [0.29, 0.717) is 5.82 Å². The van der Waals surface area contributed by atoms with Crippen LogP contribution in [0.5, 0.6) is 0 Å². The molecule has 12 rings (SSSR count). The number of hydrogen-bond donors (Lipinski definition) is 0. The molecule has 3 nitrogen and oxygen atoms in total. The molecule has 0 unspecified atom stereocenters. The highest BCUT2D eigenvalue weighted by Gasteiger charge is 2.19. The second-order valence-electron chi connectivity index (χ2n) is 14.8. The van der Waals surface area contributed by atoms with Gasteiger partial charge >= 0.3 is 0 Å². The molecular formula is C53H31N3. The summed E-state index contributed by atoms with van der Waals surface area (Å²) in [5.74, 6) is 0.680. The summed E-state index contributed by atoms with van der Waals surface area (Å²) in [7, 11) is 0. The van der Waals surface area contributed by atoms with E-state index in [-0.39, 0.29) is 0 Å². The Morgan fingerprint density at radius 3 is 1.55 bits per heavy atom. The Morgan fingerprint density at radius 2 is 0.839 bits per heavy atom. The summed E-state index contributed by atoms with van der Waals surface area (Å²) in [4.78, 5) is 15.2. The minimum Gasteiger partial charge on any atom is -0.256 e. The summed E-state index contributed by atoms with van der Waals surface area (Å²) in [5.41, 5.74) is 7.89. The third-order valence-corrected chi connectivity index (χ3v) is 11.6. The highest BCUT2D eigenvalue weighted by atomic mass is 14.9. The number of rotatable bonds is 4. The first-order valence-corrected chi connectivity index (χ1v) is 19.1. The van der Waals surface area contributed by atoms with Crippen molar-refractivity contribution in [2.45, 2.75) is 0 Å².